The lowest BCUT2D eigenvalue weighted by Gasteiger charge is -2.19. The summed E-state index contributed by atoms with van der Waals surface area (Å²) in [4.78, 5) is 23.2. The number of ether oxygens (including phenoxy) is 2. The molecular weight excluding hydrogens is 414 g/mol. The largest absolute Gasteiger partial charge is 0.466 e. The molecule has 3 rings (SSSR count). The van der Waals surface area contributed by atoms with Crippen molar-refractivity contribution in [3.63, 3.8) is 0 Å². The van der Waals surface area contributed by atoms with Gasteiger partial charge in [-0.05, 0) is 64.7 Å². The Morgan fingerprint density at radius 3 is 2.23 bits per heavy atom. The summed E-state index contributed by atoms with van der Waals surface area (Å²) in [5.74, 6) is 0.463. The Kier molecular flexibility index (Phi) is 6.91. The van der Waals surface area contributed by atoms with Crippen molar-refractivity contribution in [2.75, 3.05) is 7.11 Å². The molecule has 0 spiro atoms. The smallest absolute Gasteiger partial charge is 0.331 e. The number of amidine groups is 1. The van der Waals surface area contributed by atoms with Gasteiger partial charge in [-0.1, -0.05) is 32.9 Å². The van der Waals surface area contributed by atoms with Crippen molar-refractivity contribution in [2.45, 2.75) is 26.2 Å². The number of esters is 1. The lowest BCUT2D eigenvalue weighted by atomic mass is 9.87. The molecule has 0 aliphatic carbocycles. The van der Waals surface area contributed by atoms with Crippen LogP contribution < -0.4 is 10.1 Å². The van der Waals surface area contributed by atoms with Crippen molar-refractivity contribution < 1.29 is 19.1 Å². The Bertz CT molecular complexity index is 1050. The molecule has 160 valence electrons. The van der Waals surface area contributed by atoms with Crippen LogP contribution in [0.1, 0.15) is 31.9 Å². The number of hydrogen-bond acceptors (Lipinski definition) is 7. The summed E-state index contributed by atoms with van der Waals surface area (Å²) in [5.41, 5.74) is 2.17. The standard InChI is InChI=1S/C23H23N3O4S/c1-23(2,3)16-7-11-18(12-8-16)30-17-9-5-15(6-10-17)14-24-26-22-25-21(28)19(31-22)13-20(27)29-4/h5-14H,1-4H3,(H,25,26,28)/b19-13+,24-14?. The van der Waals surface area contributed by atoms with Gasteiger partial charge >= 0.3 is 5.97 Å². The monoisotopic (exact) mass is 437 g/mol. The van der Waals surface area contributed by atoms with E-state index in [-0.39, 0.29) is 15.5 Å². The highest BCUT2D eigenvalue weighted by Crippen LogP contribution is 2.27. The van der Waals surface area contributed by atoms with Crippen LogP contribution in [0.25, 0.3) is 0 Å². The molecule has 1 heterocycles. The molecule has 0 atom stereocenters. The summed E-state index contributed by atoms with van der Waals surface area (Å²) in [6.07, 6.45) is 2.67. The zero-order valence-electron chi connectivity index (χ0n) is 17.7. The molecule has 7 nitrogen and oxygen atoms in total. The topological polar surface area (TPSA) is 89.3 Å². The summed E-state index contributed by atoms with van der Waals surface area (Å²) in [6, 6.07) is 15.5. The van der Waals surface area contributed by atoms with Crippen LogP contribution in [0.3, 0.4) is 0 Å². The second-order valence-corrected chi connectivity index (χ2v) is 8.71. The Balaban J connectivity index is 1.59. The molecular formula is C23H23N3O4S. The van der Waals surface area contributed by atoms with Crippen molar-refractivity contribution >= 4 is 35.0 Å². The molecule has 1 aliphatic rings. The molecule has 1 saturated heterocycles. The molecule has 0 aromatic heterocycles. The number of methoxy groups -OCH3 is 1. The van der Waals surface area contributed by atoms with Gasteiger partial charge in [0.05, 0.1) is 18.2 Å². The Labute approximate surface area is 185 Å². The molecule has 8 heteroatoms. The summed E-state index contributed by atoms with van der Waals surface area (Å²) < 4.78 is 10.4. The molecule has 31 heavy (non-hydrogen) atoms. The minimum absolute atomic E-state index is 0.0991. The molecule has 1 N–H and O–H groups in total. The van der Waals surface area contributed by atoms with Gasteiger partial charge in [0, 0.05) is 6.08 Å². The van der Waals surface area contributed by atoms with E-state index in [0.717, 1.165) is 29.2 Å². The minimum Gasteiger partial charge on any atom is -0.466 e. The predicted molar refractivity (Wildman–Crippen MR) is 123 cm³/mol. The van der Waals surface area contributed by atoms with Crippen LogP contribution in [0.15, 0.2) is 69.7 Å². The lowest BCUT2D eigenvalue weighted by Crippen LogP contribution is -2.19. The molecule has 1 fully saturated rings. The average molecular weight is 438 g/mol. The fourth-order valence-electron chi connectivity index (χ4n) is 2.57. The van der Waals surface area contributed by atoms with Gasteiger partial charge in [0.2, 0.25) is 0 Å². The molecule has 0 bridgehead atoms. The number of nitrogens with zero attached hydrogens (tertiary/aromatic N) is 2. The van der Waals surface area contributed by atoms with Crippen LogP contribution >= 0.6 is 11.8 Å². The van der Waals surface area contributed by atoms with Gasteiger partial charge in [-0.25, -0.2) is 4.79 Å². The molecule has 2 aromatic carbocycles. The van der Waals surface area contributed by atoms with Gasteiger partial charge in [-0.2, -0.15) is 5.10 Å². The third-order valence-corrected chi connectivity index (χ3v) is 5.19. The average Bonchev–Trinajstić information content (AvgIpc) is 3.08. The second-order valence-electron chi connectivity index (χ2n) is 7.68. The summed E-state index contributed by atoms with van der Waals surface area (Å²) in [5, 5.41) is 10.8. The first-order valence-electron chi connectivity index (χ1n) is 9.53. The van der Waals surface area contributed by atoms with Crippen LogP contribution in [0.5, 0.6) is 11.5 Å². The third-order valence-electron chi connectivity index (χ3n) is 4.29. The predicted octanol–water partition coefficient (Wildman–Crippen LogP) is 4.39. The maximum absolute atomic E-state index is 11.8. The van der Waals surface area contributed by atoms with Crippen LogP contribution in [0, 0.1) is 0 Å². The van der Waals surface area contributed by atoms with Crippen LogP contribution in [-0.2, 0) is 19.7 Å². The van der Waals surface area contributed by atoms with E-state index in [9.17, 15) is 9.59 Å². The number of rotatable bonds is 5. The van der Waals surface area contributed by atoms with E-state index < -0.39 is 11.9 Å². The highest BCUT2D eigenvalue weighted by atomic mass is 32.2. The molecule has 1 amide bonds. The highest BCUT2D eigenvalue weighted by molar-refractivity contribution is 8.18. The number of carbonyl (C=O) groups is 2. The van der Waals surface area contributed by atoms with Gasteiger partial charge in [-0.15, -0.1) is 5.10 Å². The summed E-state index contributed by atoms with van der Waals surface area (Å²) in [6.45, 7) is 6.52. The van der Waals surface area contributed by atoms with Gasteiger partial charge < -0.3 is 9.47 Å². The van der Waals surface area contributed by atoms with Gasteiger partial charge in [-0.3, -0.25) is 10.1 Å². The maximum atomic E-state index is 11.8. The molecule has 0 unspecified atom stereocenters. The number of hydrogen-bond donors (Lipinski definition) is 1. The Morgan fingerprint density at radius 2 is 1.65 bits per heavy atom. The first-order valence-corrected chi connectivity index (χ1v) is 10.3. The van der Waals surface area contributed by atoms with Gasteiger partial charge in [0.1, 0.15) is 11.5 Å². The van der Waals surface area contributed by atoms with Crippen LogP contribution in [-0.4, -0.2) is 30.4 Å². The first-order chi connectivity index (χ1) is 14.7. The van der Waals surface area contributed by atoms with Crippen LogP contribution in [0.4, 0.5) is 0 Å². The molecule has 0 saturated carbocycles. The second kappa shape index (κ2) is 9.61. The zero-order valence-corrected chi connectivity index (χ0v) is 18.5. The van der Waals surface area contributed by atoms with Crippen molar-refractivity contribution in [3.8, 4) is 11.5 Å². The van der Waals surface area contributed by atoms with Crippen LogP contribution in [0.2, 0.25) is 0 Å². The number of nitrogens with one attached hydrogen (secondary N) is 1. The van der Waals surface area contributed by atoms with Crippen molar-refractivity contribution in [1.29, 1.82) is 0 Å². The molecule has 1 aliphatic heterocycles. The summed E-state index contributed by atoms with van der Waals surface area (Å²) >= 11 is 1.02. The quantitative estimate of drug-likeness (QED) is 0.324. The fraction of sp³-hybridized carbons (Fsp3) is 0.217. The SMILES string of the molecule is COC(=O)/C=C1/S/C(=N\N=Cc2ccc(Oc3ccc(C(C)(C)C)cc3)cc2)NC1=O. The number of thioether (sulfide) groups is 1. The number of carbonyl (C=O) groups excluding carboxylic acids is 2. The van der Waals surface area contributed by atoms with E-state index in [1.807, 2.05) is 36.4 Å². The van der Waals surface area contributed by atoms with E-state index in [0.29, 0.717) is 5.75 Å². The normalized spacial score (nSPS) is 16.7. The van der Waals surface area contributed by atoms with E-state index >= 15 is 0 Å². The van der Waals surface area contributed by atoms with Gasteiger partial charge in [0.25, 0.3) is 5.91 Å². The Morgan fingerprint density at radius 1 is 1.03 bits per heavy atom. The number of amides is 1. The Hall–Kier alpha value is -3.39. The summed E-state index contributed by atoms with van der Waals surface area (Å²) in [7, 11) is 1.25. The van der Waals surface area contributed by atoms with Crippen molar-refractivity contribution in [1.82, 2.24) is 5.32 Å². The third kappa shape index (κ3) is 6.29. The minimum atomic E-state index is -0.602. The van der Waals surface area contributed by atoms with Crippen molar-refractivity contribution in [2.24, 2.45) is 10.2 Å². The number of benzene rings is 2. The molecule has 0 radical (unpaired) electrons. The van der Waals surface area contributed by atoms with E-state index in [4.69, 9.17) is 4.74 Å². The first kappa shape index (κ1) is 22.3. The van der Waals surface area contributed by atoms with E-state index in [2.05, 4.69) is 53.2 Å². The maximum Gasteiger partial charge on any atom is 0.331 e. The fourth-order valence-corrected chi connectivity index (χ4v) is 3.31. The highest BCUT2D eigenvalue weighted by Gasteiger charge is 2.25. The van der Waals surface area contributed by atoms with E-state index in [1.165, 1.54) is 12.7 Å². The van der Waals surface area contributed by atoms with Gasteiger partial charge in [0.15, 0.2) is 5.17 Å². The molecule has 2 aromatic rings. The van der Waals surface area contributed by atoms with E-state index in [1.54, 1.807) is 6.21 Å². The van der Waals surface area contributed by atoms with Crippen molar-refractivity contribution in [3.05, 3.63) is 70.6 Å². The zero-order chi connectivity index (χ0) is 22.4. The lowest BCUT2D eigenvalue weighted by molar-refractivity contribution is -0.135.